The second kappa shape index (κ2) is 5.34. The summed E-state index contributed by atoms with van der Waals surface area (Å²) in [5.74, 6) is -0.374. The predicted molar refractivity (Wildman–Crippen MR) is 74.6 cm³/mol. The first-order chi connectivity index (χ1) is 9.39. The largest absolute Gasteiger partial charge is 0.455 e. The lowest BCUT2D eigenvalue weighted by Gasteiger charge is -2.13. The van der Waals surface area contributed by atoms with E-state index >= 15 is 0 Å². The molecule has 5 nitrogen and oxygen atoms in total. The Morgan fingerprint density at radius 2 is 1.70 bits per heavy atom. The molecule has 0 aromatic heterocycles. The molecule has 2 rings (SSSR count). The molecule has 0 aliphatic heterocycles. The molecule has 0 heterocycles. The summed E-state index contributed by atoms with van der Waals surface area (Å²) in [4.78, 5) is 11.4. The van der Waals surface area contributed by atoms with Crippen molar-refractivity contribution in [1.29, 1.82) is 0 Å². The molecule has 0 bridgehead atoms. The highest BCUT2D eigenvalue weighted by Gasteiger charge is 2.21. The number of sulfone groups is 1. The van der Waals surface area contributed by atoms with Crippen LogP contribution in [0.2, 0.25) is 0 Å². The van der Waals surface area contributed by atoms with E-state index in [1.165, 1.54) is 18.2 Å². The number of carbonyl (C=O) groups excluding carboxylic acids is 1. The standard InChI is InChI=1S/C14H13NO4S/c1-20(17,18)12-9-5-8-11(14(15)16)13(12)19-10-6-3-2-4-7-10/h2-9H,1H3,(H2,15,16). The van der Waals surface area contributed by atoms with E-state index in [9.17, 15) is 13.2 Å². The lowest BCUT2D eigenvalue weighted by Crippen LogP contribution is -2.14. The highest BCUT2D eigenvalue weighted by atomic mass is 32.2. The molecule has 0 unspecified atom stereocenters. The van der Waals surface area contributed by atoms with Crippen molar-refractivity contribution in [3.63, 3.8) is 0 Å². The molecule has 2 N–H and O–H groups in total. The van der Waals surface area contributed by atoms with Crippen molar-refractivity contribution in [2.75, 3.05) is 6.26 Å². The van der Waals surface area contributed by atoms with Crippen molar-refractivity contribution in [1.82, 2.24) is 0 Å². The topological polar surface area (TPSA) is 86.5 Å². The van der Waals surface area contributed by atoms with E-state index in [0.717, 1.165) is 6.26 Å². The summed E-state index contributed by atoms with van der Waals surface area (Å²) in [6.07, 6.45) is 1.05. The van der Waals surface area contributed by atoms with E-state index in [4.69, 9.17) is 10.5 Å². The highest BCUT2D eigenvalue weighted by Crippen LogP contribution is 2.32. The average molecular weight is 291 g/mol. The summed E-state index contributed by atoms with van der Waals surface area (Å²) in [5.41, 5.74) is 5.29. The SMILES string of the molecule is CS(=O)(=O)c1cccc(C(N)=O)c1Oc1ccccc1. The van der Waals surface area contributed by atoms with Crippen molar-refractivity contribution < 1.29 is 17.9 Å². The van der Waals surface area contributed by atoms with Crippen LogP contribution in [0.25, 0.3) is 0 Å². The number of primary amides is 1. The van der Waals surface area contributed by atoms with E-state index < -0.39 is 15.7 Å². The molecule has 0 aliphatic rings. The summed E-state index contributed by atoms with van der Waals surface area (Å²) in [6.45, 7) is 0. The van der Waals surface area contributed by atoms with Crippen molar-refractivity contribution in [3.8, 4) is 11.5 Å². The molecule has 2 aromatic carbocycles. The van der Waals surface area contributed by atoms with Gasteiger partial charge in [0.05, 0.1) is 5.56 Å². The number of rotatable bonds is 4. The van der Waals surface area contributed by atoms with E-state index in [-0.39, 0.29) is 16.2 Å². The van der Waals surface area contributed by atoms with Crippen molar-refractivity contribution in [3.05, 3.63) is 54.1 Å². The lowest BCUT2D eigenvalue weighted by molar-refractivity contribution is 0.0997. The molecule has 0 aliphatic carbocycles. The molecule has 1 amide bonds. The van der Waals surface area contributed by atoms with Gasteiger partial charge in [0.15, 0.2) is 15.6 Å². The minimum atomic E-state index is -3.54. The maximum Gasteiger partial charge on any atom is 0.252 e. The average Bonchev–Trinajstić information content (AvgIpc) is 2.38. The fraction of sp³-hybridized carbons (Fsp3) is 0.0714. The summed E-state index contributed by atoms with van der Waals surface area (Å²) < 4.78 is 29.1. The molecule has 0 radical (unpaired) electrons. The number of ether oxygens (including phenoxy) is 1. The van der Waals surface area contributed by atoms with Crippen LogP contribution in [0.4, 0.5) is 0 Å². The summed E-state index contributed by atoms with van der Waals surface area (Å²) in [6, 6.07) is 12.8. The summed E-state index contributed by atoms with van der Waals surface area (Å²) in [5, 5.41) is 0. The number of hydrogen-bond donors (Lipinski definition) is 1. The van der Waals surface area contributed by atoms with Crippen LogP contribution >= 0.6 is 0 Å². The highest BCUT2D eigenvalue weighted by molar-refractivity contribution is 7.90. The van der Waals surface area contributed by atoms with Gasteiger partial charge in [-0.05, 0) is 24.3 Å². The van der Waals surface area contributed by atoms with Crippen LogP contribution in [0.3, 0.4) is 0 Å². The number of para-hydroxylation sites is 2. The molecular formula is C14H13NO4S. The smallest absolute Gasteiger partial charge is 0.252 e. The quantitative estimate of drug-likeness (QED) is 0.933. The maximum absolute atomic E-state index is 11.8. The molecule has 20 heavy (non-hydrogen) atoms. The van der Waals surface area contributed by atoms with Gasteiger partial charge in [0.1, 0.15) is 10.6 Å². The number of hydrogen-bond acceptors (Lipinski definition) is 4. The van der Waals surface area contributed by atoms with E-state index in [1.54, 1.807) is 30.3 Å². The minimum absolute atomic E-state index is 0.0248. The van der Waals surface area contributed by atoms with Crippen molar-refractivity contribution in [2.45, 2.75) is 4.90 Å². The Morgan fingerprint density at radius 1 is 1.05 bits per heavy atom. The number of nitrogens with two attached hydrogens (primary N) is 1. The maximum atomic E-state index is 11.8. The Labute approximate surface area is 116 Å². The molecule has 0 saturated carbocycles. The minimum Gasteiger partial charge on any atom is -0.455 e. The first kappa shape index (κ1) is 14.1. The molecule has 2 aromatic rings. The van der Waals surface area contributed by atoms with Gasteiger partial charge < -0.3 is 10.5 Å². The number of carbonyl (C=O) groups is 1. The second-order valence-corrected chi connectivity index (χ2v) is 6.17. The summed E-state index contributed by atoms with van der Waals surface area (Å²) in [7, 11) is -3.54. The van der Waals surface area contributed by atoms with E-state index in [2.05, 4.69) is 0 Å². The number of benzene rings is 2. The van der Waals surface area contributed by atoms with Gasteiger partial charge in [-0.25, -0.2) is 8.42 Å². The lowest BCUT2D eigenvalue weighted by atomic mass is 10.2. The molecule has 0 saturated heterocycles. The van der Waals surface area contributed by atoms with Crippen LogP contribution < -0.4 is 10.5 Å². The van der Waals surface area contributed by atoms with Gasteiger partial charge in [0.2, 0.25) is 0 Å². The Morgan fingerprint density at radius 3 is 2.25 bits per heavy atom. The molecule has 104 valence electrons. The number of amides is 1. The zero-order valence-electron chi connectivity index (χ0n) is 10.7. The van der Waals surface area contributed by atoms with E-state index in [0.29, 0.717) is 5.75 Å². The first-order valence-corrected chi connectivity index (χ1v) is 7.64. The van der Waals surface area contributed by atoms with Crippen LogP contribution in [0.15, 0.2) is 53.4 Å². The van der Waals surface area contributed by atoms with Gasteiger partial charge in [-0.2, -0.15) is 0 Å². The first-order valence-electron chi connectivity index (χ1n) is 5.75. The predicted octanol–water partition coefficient (Wildman–Crippen LogP) is 1.98. The van der Waals surface area contributed by atoms with Gasteiger partial charge in [-0.1, -0.05) is 24.3 Å². The summed E-state index contributed by atoms with van der Waals surface area (Å²) >= 11 is 0. The van der Waals surface area contributed by atoms with Crippen LogP contribution in [-0.4, -0.2) is 20.6 Å². The van der Waals surface area contributed by atoms with Crippen LogP contribution in [-0.2, 0) is 9.84 Å². The Hall–Kier alpha value is -2.34. The third-order valence-electron chi connectivity index (χ3n) is 2.61. The van der Waals surface area contributed by atoms with Gasteiger partial charge >= 0.3 is 0 Å². The fourth-order valence-corrected chi connectivity index (χ4v) is 2.53. The van der Waals surface area contributed by atoms with Gasteiger partial charge in [-0.15, -0.1) is 0 Å². The van der Waals surface area contributed by atoms with Gasteiger partial charge in [0.25, 0.3) is 5.91 Å². The second-order valence-electron chi connectivity index (χ2n) is 4.18. The Balaban J connectivity index is 2.62. The van der Waals surface area contributed by atoms with Crippen molar-refractivity contribution >= 4 is 15.7 Å². The van der Waals surface area contributed by atoms with Crippen LogP contribution in [0.5, 0.6) is 11.5 Å². The zero-order valence-corrected chi connectivity index (χ0v) is 11.6. The fourth-order valence-electron chi connectivity index (χ4n) is 1.71. The van der Waals surface area contributed by atoms with Crippen LogP contribution in [0.1, 0.15) is 10.4 Å². The van der Waals surface area contributed by atoms with Gasteiger partial charge in [-0.3, -0.25) is 4.79 Å². The molecule has 0 fully saturated rings. The zero-order chi connectivity index (χ0) is 14.8. The van der Waals surface area contributed by atoms with Crippen molar-refractivity contribution in [2.24, 2.45) is 5.73 Å². The normalized spacial score (nSPS) is 11.1. The van der Waals surface area contributed by atoms with Gasteiger partial charge in [0, 0.05) is 6.26 Å². The molecule has 0 atom stereocenters. The molecule has 6 heteroatoms. The van der Waals surface area contributed by atoms with E-state index in [1.807, 2.05) is 0 Å². The molecule has 0 spiro atoms. The Kier molecular flexibility index (Phi) is 3.76. The third-order valence-corrected chi connectivity index (χ3v) is 3.73. The molecular weight excluding hydrogens is 278 g/mol. The monoisotopic (exact) mass is 291 g/mol. The van der Waals surface area contributed by atoms with Crippen LogP contribution in [0, 0.1) is 0 Å². The Bertz CT molecular complexity index is 739. The third kappa shape index (κ3) is 2.97.